The molecule has 0 aromatic carbocycles. The minimum absolute atomic E-state index is 0.0945. The van der Waals surface area contributed by atoms with E-state index < -0.39 is 0 Å². The average Bonchev–Trinajstić information content (AvgIpc) is 2.75. The molecular formula is C10H14N2O2. The second kappa shape index (κ2) is 3.92. The van der Waals surface area contributed by atoms with Crippen molar-refractivity contribution in [3.8, 4) is 0 Å². The third kappa shape index (κ3) is 2.01. The summed E-state index contributed by atoms with van der Waals surface area (Å²) in [5.74, 6) is 0.346. The molecule has 76 valence electrons. The molecule has 1 aliphatic rings. The lowest BCUT2D eigenvalue weighted by molar-refractivity contribution is -0.122. The Morgan fingerprint density at radius 1 is 1.79 bits per heavy atom. The van der Waals surface area contributed by atoms with Gasteiger partial charge in [-0.2, -0.15) is 5.10 Å². The number of Topliss-reactive ketones (excluding diaryl/α,β-unsaturated/α-hetero) is 1. The molecule has 1 atom stereocenters. The minimum Gasteiger partial charge on any atom is -0.381 e. The summed E-state index contributed by atoms with van der Waals surface area (Å²) in [5.41, 5.74) is 0.851. The molecule has 1 unspecified atom stereocenters. The third-order valence-electron chi connectivity index (χ3n) is 2.51. The van der Waals surface area contributed by atoms with E-state index in [0.29, 0.717) is 13.0 Å². The molecule has 0 amide bonds. The first-order valence-corrected chi connectivity index (χ1v) is 4.84. The van der Waals surface area contributed by atoms with Gasteiger partial charge in [0.05, 0.1) is 18.7 Å². The zero-order valence-corrected chi connectivity index (χ0v) is 8.27. The van der Waals surface area contributed by atoms with Gasteiger partial charge in [-0.3, -0.25) is 9.48 Å². The highest BCUT2D eigenvalue weighted by Crippen LogP contribution is 2.15. The van der Waals surface area contributed by atoms with Crippen LogP contribution in [0.3, 0.4) is 0 Å². The summed E-state index contributed by atoms with van der Waals surface area (Å²) in [4.78, 5) is 11.7. The molecule has 2 heterocycles. The van der Waals surface area contributed by atoms with Crippen molar-refractivity contribution < 1.29 is 9.53 Å². The van der Waals surface area contributed by atoms with Gasteiger partial charge in [0.15, 0.2) is 0 Å². The van der Waals surface area contributed by atoms with Crippen LogP contribution in [-0.4, -0.2) is 28.8 Å². The summed E-state index contributed by atoms with van der Waals surface area (Å²) in [6.45, 7) is 1.31. The van der Waals surface area contributed by atoms with E-state index in [4.69, 9.17) is 4.74 Å². The number of aromatic nitrogens is 2. The van der Waals surface area contributed by atoms with Crippen LogP contribution in [0.4, 0.5) is 0 Å². The number of rotatable bonds is 3. The highest BCUT2D eigenvalue weighted by Gasteiger charge is 2.23. The van der Waals surface area contributed by atoms with Crippen molar-refractivity contribution in [1.82, 2.24) is 9.78 Å². The molecule has 1 fully saturated rings. The fourth-order valence-corrected chi connectivity index (χ4v) is 1.67. The maximum atomic E-state index is 11.7. The standard InChI is InChI=1S/C10H14N2O2/c1-12-4-2-9(11-12)6-10(13)8-3-5-14-7-8/h2,4,8H,3,5-7H2,1H3. The first kappa shape index (κ1) is 9.40. The normalized spacial score (nSPS) is 21.4. The predicted molar refractivity (Wildman–Crippen MR) is 50.8 cm³/mol. The van der Waals surface area contributed by atoms with Gasteiger partial charge in [0.2, 0.25) is 0 Å². The van der Waals surface area contributed by atoms with Crippen molar-refractivity contribution in [3.05, 3.63) is 18.0 Å². The molecule has 0 saturated carbocycles. The Bertz CT molecular complexity index is 327. The number of aryl methyl sites for hydroxylation is 1. The van der Waals surface area contributed by atoms with Crippen molar-refractivity contribution in [2.24, 2.45) is 13.0 Å². The minimum atomic E-state index is 0.0945. The Kier molecular flexibility index (Phi) is 2.63. The maximum absolute atomic E-state index is 11.7. The smallest absolute Gasteiger partial charge is 0.144 e. The Balaban J connectivity index is 1.93. The van der Waals surface area contributed by atoms with Gasteiger partial charge in [-0.05, 0) is 12.5 Å². The zero-order chi connectivity index (χ0) is 9.97. The molecular weight excluding hydrogens is 180 g/mol. The number of carbonyl (C=O) groups is 1. The largest absolute Gasteiger partial charge is 0.381 e. The van der Waals surface area contributed by atoms with Gasteiger partial charge < -0.3 is 4.74 Å². The molecule has 1 saturated heterocycles. The molecule has 0 aliphatic carbocycles. The van der Waals surface area contributed by atoms with Crippen LogP contribution in [0.15, 0.2) is 12.3 Å². The fourth-order valence-electron chi connectivity index (χ4n) is 1.67. The first-order valence-electron chi connectivity index (χ1n) is 4.84. The number of hydrogen-bond acceptors (Lipinski definition) is 3. The number of ether oxygens (including phenoxy) is 1. The molecule has 1 aromatic rings. The van der Waals surface area contributed by atoms with Crippen molar-refractivity contribution >= 4 is 5.78 Å². The summed E-state index contributed by atoms with van der Waals surface area (Å²) in [6.07, 6.45) is 3.16. The van der Waals surface area contributed by atoms with Crippen LogP contribution >= 0.6 is 0 Å². The van der Waals surface area contributed by atoms with Crippen LogP contribution in [0.25, 0.3) is 0 Å². The van der Waals surface area contributed by atoms with E-state index in [9.17, 15) is 4.79 Å². The average molecular weight is 194 g/mol. The second-order valence-electron chi connectivity index (χ2n) is 3.68. The highest BCUT2D eigenvalue weighted by molar-refractivity contribution is 5.83. The predicted octanol–water partition coefficient (Wildman–Crippen LogP) is 0.568. The Morgan fingerprint density at radius 3 is 3.21 bits per heavy atom. The van der Waals surface area contributed by atoms with E-state index in [-0.39, 0.29) is 11.7 Å². The van der Waals surface area contributed by atoms with E-state index in [1.54, 1.807) is 4.68 Å². The van der Waals surface area contributed by atoms with Gasteiger partial charge >= 0.3 is 0 Å². The van der Waals surface area contributed by atoms with Crippen LogP contribution in [-0.2, 0) is 23.0 Å². The molecule has 0 N–H and O–H groups in total. The van der Waals surface area contributed by atoms with Crippen molar-refractivity contribution in [2.75, 3.05) is 13.2 Å². The summed E-state index contributed by atoms with van der Waals surface area (Å²) < 4.78 is 6.89. The van der Waals surface area contributed by atoms with Gasteiger partial charge in [-0.15, -0.1) is 0 Å². The van der Waals surface area contributed by atoms with Crippen LogP contribution in [0, 0.1) is 5.92 Å². The van der Waals surface area contributed by atoms with Gasteiger partial charge in [0.1, 0.15) is 5.78 Å². The zero-order valence-electron chi connectivity index (χ0n) is 8.27. The Morgan fingerprint density at radius 2 is 2.64 bits per heavy atom. The first-order chi connectivity index (χ1) is 6.75. The van der Waals surface area contributed by atoms with E-state index in [1.165, 1.54) is 0 Å². The monoisotopic (exact) mass is 194 g/mol. The third-order valence-corrected chi connectivity index (χ3v) is 2.51. The number of carbonyl (C=O) groups excluding carboxylic acids is 1. The Hall–Kier alpha value is -1.16. The van der Waals surface area contributed by atoms with Gasteiger partial charge in [0.25, 0.3) is 0 Å². The fraction of sp³-hybridized carbons (Fsp3) is 0.600. The quantitative estimate of drug-likeness (QED) is 0.706. The lowest BCUT2D eigenvalue weighted by atomic mass is 10.00. The van der Waals surface area contributed by atoms with Gasteiger partial charge in [-0.1, -0.05) is 0 Å². The van der Waals surface area contributed by atoms with Crippen molar-refractivity contribution in [2.45, 2.75) is 12.8 Å². The van der Waals surface area contributed by atoms with E-state index >= 15 is 0 Å². The van der Waals surface area contributed by atoms with Crippen molar-refractivity contribution in [3.63, 3.8) is 0 Å². The van der Waals surface area contributed by atoms with E-state index in [2.05, 4.69) is 5.10 Å². The van der Waals surface area contributed by atoms with Crippen molar-refractivity contribution in [1.29, 1.82) is 0 Å². The molecule has 14 heavy (non-hydrogen) atoms. The second-order valence-corrected chi connectivity index (χ2v) is 3.68. The van der Waals surface area contributed by atoms with E-state index in [0.717, 1.165) is 18.7 Å². The van der Waals surface area contributed by atoms with E-state index in [1.807, 2.05) is 19.3 Å². The molecule has 1 aliphatic heterocycles. The SMILES string of the molecule is Cn1ccc(CC(=O)C2CCOC2)n1. The molecule has 4 nitrogen and oxygen atoms in total. The summed E-state index contributed by atoms with van der Waals surface area (Å²) >= 11 is 0. The molecule has 4 heteroatoms. The molecule has 1 aromatic heterocycles. The maximum Gasteiger partial charge on any atom is 0.144 e. The molecule has 0 radical (unpaired) electrons. The molecule has 2 rings (SSSR count). The topological polar surface area (TPSA) is 44.1 Å². The summed E-state index contributed by atoms with van der Waals surface area (Å²) in [5, 5.41) is 4.18. The lowest BCUT2D eigenvalue weighted by Gasteiger charge is -2.03. The lowest BCUT2D eigenvalue weighted by Crippen LogP contribution is -2.17. The van der Waals surface area contributed by atoms with Crippen LogP contribution < -0.4 is 0 Å². The highest BCUT2D eigenvalue weighted by atomic mass is 16.5. The number of ketones is 1. The Labute approximate surface area is 82.9 Å². The van der Waals surface area contributed by atoms with Gasteiger partial charge in [0, 0.05) is 25.8 Å². The molecule has 0 spiro atoms. The number of nitrogens with zero attached hydrogens (tertiary/aromatic N) is 2. The van der Waals surface area contributed by atoms with Gasteiger partial charge in [-0.25, -0.2) is 0 Å². The number of hydrogen-bond donors (Lipinski definition) is 0. The summed E-state index contributed by atoms with van der Waals surface area (Å²) in [7, 11) is 1.85. The van der Waals surface area contributed by atoms with Crippen LogP contribution in [0.1, 0.15) is 12.1 Å². The van der Waals surface area contributed by atoms with Crippen LogP contribution in [0.5, 0.6) is 0 Å². The summed E-state index contributed by atoms with van der Waals surface area (Å²) in [6, 6.07) is 1.88. The van der Waals surface area contributed by atoms with Crippen LogP contribution in [0.2, 0.25) is 0 Å². The molecule has 0 bridgehead atoms.